The summed E-state index contributed by atoms with van der Waals surface area (Å²) >= 11 is 0. The second-order valence-corrected chi connectivity index (χ2v) is 2.20. The number of carbonyl (C=O) groups is 1. The van der Waals surface area contributed by atoms with Crippen LogP contribution in [0.2, 0.25) is 0 Å². The summed E-state index contributed by atoms with van der Waals surface area (Å²) in [6.07, 6.45) is 0. The molecular formula is C7H17ClN2O. The first-order valence-electron chi connectivity index (χ1n) is 2.95. The van der Waals surface area contributed by atoms with Gasteiger partial charge in [0.2, 0.25) is 5.91 Å². The molecule has 0 fully saturated rings. The molecule has 0 bridgehead atoms. The van der Waals surface area contributed by atoms with E-state index in [0.29, 0.717) is 0 Å². The fourth-order valence-electron chi connectivity index (χ4n) is 0.415. The summed E-state index contributed by atoms with van der Waals surface area (Å²) in [5.41, 5.74) is 1.87. The van der Waals surface area contributed by atoms with Gasteiger partial charge in [0.15, 0.2) is 0 Å². The zero-order valence-electron chi connectivity index (χ0n) is 7.52. The predicted molar refractivity (Wildman–Crippen MR) is 50.4 cm³/mol. The van der Waals surface area contributed by atoms with E-state index in [1.807, 2.05) is 20.8 Å². The van der Waals surface area contributed by atoms with E-state index in [0.717, 1.165) is 11.1 Å². The molecule has 68 valence electrons. The third-order valence-electron chi connectivity index (χ3n) is 1.32. The number of hydrogen-bond acceptors (Lipinski definition) is 2. The Hall–Kier alpha value is -0.540. The Morgan fingerprint density at radius 2 is 1.55 bits per heavy atom. The molecule has 0 aromatic heterocycles. The summed E-state index contributed by atoms with van der Waals surface area (Å²) < 4.78 is 0. The van der Waals surface area contributed by atoms with Crippen LogP contribution in [0.25, 0.3) is 0 Å². The lowest BCUT2D eigenvalue weighted by Gasteiger charge is -1.99. The minimum absolute atomic E-state index is 0. The van der Waals surface area contributed by atoms with E-state index in [1.165, 1.54) is 0 Å². The van der Waals surface area contributed by atoms with Gasteiger partial charge in [-0.25, -0.2) is 0 Å². The van der Waals surface area contributed by atoms with Crippen LogP contribution in [0.5, 0.6) is 0 Å². The molecule has 3 nitrogen and oxygen atoms in total. The molecule has 0 heterocycles. The summed E-state index contributed by atoms with van der Waals surface area (Å²) in [4.78, 5) is 10.8. The van der Waals surface area contributed by atoms with E-state index < -0.39 is 0 Å². The number of likely N-dealkylation sites (N-methyl/N-ethyl adjacent to an activating group) is 1. The van der Waals surface area contributed by atoms with Gasteiger partial charge in [0.25, 0.3) is 0 Å². The fraction of sp³-hybridized carbons (Fsp3) is 0.571. The number of rotatable bonds is 1. The standard InChI is InChI=1S/C7H13NO.ClH.H3N/c1-5(2)6(3)7(9)8-4;;/h1-4H3,(H,8,9);1H;1H3. The fourth-order valence-corrected chi connectivity index (χ4v) is 0.415. The third kappa shape index (κ3) is 5.88. The highest BCUT2D eigenvalue weighted by molar-refractivity contribution is 5.93. The smallest absolute Gasteiger partial charge is 0.246 e. The summed E-state index contributed by atoms with van der Waals surface area (Å²) in [6, 6.07) is 0. The average Bonchev–Trinajstić information content (AvgIpc) is 1.84. The average molecular weight is 181 g/mol. The van der Waals surface area contributed by atoms with Gasteiger partial charge in [0, 0.05) is 12.6 Å². The van der Waals surface area contributed by atoms with Crippen molar-refractivity contribution < 1.29 is 4.79 Å². The van der Waals surface area contributed by atoms with Crippen LogP contribution in [-0.2, 0) is 4.79 Å². The van der Waals surface area contributed by atoms with Gasteiger partial charge in [-0.15, -0.1) is 12.4 Å². The highest BCUT2D eigenvalue weighted by Crippen LogP contribution is 1.99. The zero-order valence-corrected chi connectivity index (χ0v) is 8.34. The molecule has 4 N–H and O–H groups in total. The van der Waals surface area contributed by atoms with Crippen molar-refractivity contribution in [1.82, 2.24) is 11.5 Å². The second-order valence-electron chi connectivity index (χ2n) is 2.20. The molecule has 0 aliphatic carbocycles. The van der Waals surface area contributed by atoms with E-state index in [1.54, 1.807) is 7.05 Å². The Balaban J connectivity index is -0.000000320. The Morgan fingerprint density at radius 3 is 1.64 bits per heavy atom. The number of halogens is 1. The van der Waals surface area contributed by atoms with Gasteiger partial charge >= 0.3 is 0 Å². The zero-order chi connectivity index (χ0) is 7.44. The molecule has 11 heavy (non-hydrogen) atoms. The molecule has 0 unspecified atom stereocenters. The summed E-state index contributed by atoms with van der Waals surface area (Å²) in [7, 11) is 1.63. The van der Waals surface area contributed by atoms with E-state index in [-0.39, 0.29) is 24.5 Å². The molecule has 4 heteroatoms. The van der Waals surface area contributed by atoms with Crippen molar-refractivity contribution in [3.8, 4) is 0 Å². The molecule has 0 aliphatic rings. The van der Waals surface area contributed by atoms with Crippen molar-refractivity contribution in [2.75, 3.05) is 7.05 Å². The molecule has 0 aliphatic heterocycles. The molecule has 0 saturated heterocycles. The maximum absolute atomic E-state index is 10.8. The van der Waals surface area contributed by atoms with Crippen LogP contribution >= 0.6 is 12.4 Å². The van der Waals surface area contributed by atoms with E-state index in [9.17, 15) is 4.79 Å². The number of nitrogens with one attached hydrogen (secondary N) is 1. The minimum atomic E-state index is 0. The summed E-state index contributed by atoms with van der Waals surface area (Å²) in [5.74, 6) is 0.00926. The largest absolute Gasteiger partial charge is 0.355 e. The number of amides is 1. The van der Waals surface area contributed by atoms with Crippen molar-refractivity contribution in [3.63, 3.8) is 0 Å². The van der Waals surface area contributed by atoms with Crippen LogP contribution in [0, 0.1) is 0 Å². The van der Waals surface area contributed by atoms with E-state index in [4.69, 9.17) is 0 Å². The van der Waals surface area contributed by atoms with Gasteiger partial charge in [-0.2, -0.15) is 0 Å². The highest BCUT2D eigenvalue weighted by Gasteiger charge is 1.99. The van der Waals surface area contributed by atoms with Crippen LogP contribution in [-0.4, -0.2) is 13.0 Å². The second kappa shape index (κ2) is 7.57. The molecule has 0 aromatic carbocycles. The molecular weight excluding hydrogens is 164 g/mol. The van der Waals surface area contributed by atoms with Gasteiger partial charge in [0.05, 0.1) is 0 Å². The van der Waals surface area contributed by atoms with Gasteiger partial charge in [-0.1, -0.05) is 5.57 Å². The van der Waals surface area contributed by atoms with Gasteiger partial charge in [-0.05, 0) is 20.8 Å². The number of allylic oxidation sites excluding steroid dienone is 1. The van der Waals surface area contributed by atoms with Crippen LogP contribution < -0.4 is 11.5 Å². The lowest BCUT2D eigenvalue weighted by molar-refractivity contribution is -0.117. The topological polar surface area (TPSA) is 64.1 Å². The van der Waals surface area contributed by atoms with Crippen molar-refractivity contribution >= 4 is 18.3 Å². The van der Waals surface area contributed by atoms with Crippen LogP contribution in [0.3, 0.4) is 0 Å². The lowest BCUT2D eigenvalue weighted by atomic mass is 10.2. The first-order chi connectivity index (χ1) is 4.09. The van der Waals surface area contributed by atoms with Gasteiger partial charge < -0.3 is 11.5 Å². The maximum atomic E-state index is 10.8. The van der Waals surface area contributed by atoms with Crippen molar-refractivity contribution in [1.29, 1.82) is 0 Å². The van der Waals surface area contributed by atoms with Crippen molar-refractivity contribution in [3.05, 3.63) is 11.1 Å². The van der Waals surface area contributed by atoms with E-state index in [2.05, 4.69) is 5.32 Å². The molecule has 0 aromatic rings. The summed E-state index contributed by atoms with van der Waals surface area (Å²) in [5, 5.41) is 2.55. The maximum Gasteiger partial charge on any atom is 0.246 e. The third-order valence-corrected chi connectivity index (χ3v) is 1.32. The number of hydrogen-bond donors (Lipinski definition) is 2. The first-order valence-corrected chi connectivity index (χ1v) is 2.95. The lowest BCUT2D eigenvalue weighted by Crippen LogP contribution is -2.19. The van der Waals surface area contributed by atoms with Crippen molar-refractivity contribution in [2.24, 2.45) is 0 Å². The quantitative estimate of drug-likeness (QED) is 0.603. The SMILES string of the molecule is CNC(=O)C(C)=C(C)C.Cl.N. The van der Waals surface area contributed by atoms with Crippen molar-refractivity contribution in [2.45, 2.75) is 20.8 Å². The number of carbonyl (C=O) groups excluding carboxylic acids is 1. The van der Waals surface area contributed by atoms with E-state index >= 15 is 0 Å². The predicted octanol–water partition coefficient (Wildman–Crippen LogP) is 1.67. The molecule has 0 radical (unpaired) electrons. The van der Waals surface area contributed by atoms with Gasteiger partial charge in [0.1, 0.15) is 0 Å². The Morgan fingerprint density at radius 1 is 1.18 bits per heavy atom. The van der Waals surface area contributed by atoms with Crippen LogP contribution in [0.15, 0.2) is 11.1 Å². The Labute approximate surface area is 74.2 Å². The minimum Gasteiger partial charge on any atom is -0.355 e. The van der Waals surface area contributed by atoms with Gasteiger partial charge in [-0.3, -0.25) is 4.79 Å². The van der Waals surface area contributed by atoms with Crippen LogP contribution in [0.1, 0.15) is 20.8 Å². The molecule has 0 atom stereocenters. The van der Waals surface area contributed by atoms with Crippen LogP contribution in [0.4, 0.5) is 0 Å². The first kappa shape index (κ1) is 16.8. The molecule has 0 saturated carbocycles. The molecule has 1 amide bonds. The highest BCUT2D eigenvalue weighted by atomic mass is 35.5. The molecule has 0 spiro atoms. The normalized spacial score (nSPS) is 6.91. The monoisotopic (exact) mass is 180 g/mol. The Bertz CT molecular complexity index is 151. The Kier molecular flexibility index (Phi) is 11.6. The molecule has 0 rings (SSSR count). The summed E-state index contributed by atoms with van der Waals surface area (Å²) in [6.45, 7) is 5.66.